The highest BCUT2D eigenvalue weighted by Crippen LogP contribution is 2.48. The summed E-state index contributed by atoms with van der Waals surface area (Å²) < 4.78 is 71.7. The molecule has 0 aromatic heterocycles. The highest BCUT2D eigenvalue weighted by atomic mass is 127. The van der Waals surface area contributed by atoms with Crippen molar-refractivity contribution < 1.29 is 41.4 Å². The van der Waals surface area contributed by atoms with Crippen molar-refractivity contribution in [1.29, 1.82) is 0 Å². The molecule has 0 aliphatic heterocycles. The van der Waals surface area contributed by atoms with Gasteiger partial charge in [0.1, 0.15) is 0 Å². The van der Waals surface area contributed by atoms with Crippen molar-refractivity contribution in [3.8, 4) is 0 Å². The Labute approximate surface area is 98.6 Å². The monoisotopic (exact) mass is 365 g/mol. The van der Waals surface area contributed by atoms with Gasteiger partial charge in [0.05, 0.1) is 5.92 Å². The molecule has 0 fully saturated rings. The van der Waals surface area contributed by atoms with E-state index in [1.165, 1.54) is 0 Å². The molecule has 0 aliphatic carbocycles. The predicted octanol–water partition coefficient (Wildman–Crippen LogP) is 0.643. The van der Waals surface area contributed by atoms with Crippen LogP contribution < -0.4 is 5.11 Å². The molecule has 10 heteroatoms. The predicted molar refractivity (Wildman–Crippen MR) is 44.4 cm³/mol. The van der Waals surface area contributed by atoms with Crippen LogP contribution >= 0.6 is 22.6 Å². The molecular weight excluding hydrogens is 361 g/mol. The molecule has 0 bridgehead atoms. The number of carbonyl (C=O) groups excluding carboxylic acids is 1. The van der Waals surface area contributed by atoms with E-state index in [-0.39, 0.29) is 0 Å². The van der Waals surface area contributed by atoms with Crippen LogP contribution in [0.15, 0.2) is 0 Å². The SMILES string of the molecule is O=C([O-])[C@@H](CI)C(O)(C(F)(F)F)C(F)(F)F. The number of rotatable bonds is 3. The van der Waals surface area contributed by atoms with Crippen molar-refractivity contribution in [2.24, 2.45) is 5.92 Å². The Morgan fingerprint density at radius 2 is 1.50 bits per heavy atom. The summed E-state index contributed by atoms with van der Waals surface area (Å²) in [6.07, 6.45) is -12.3. The van der Waals surface area contributed by atoms with Crippen molar-refractivity contribution in [1.82, 2.24) is 0 Å². The average molecular weight is 365 g/mol. The summed E-state index contributed by atoms with van der Waals surface area (Å²) in [5.74, 6) is -5.74. The maximum Gasteiger partial charge on any atom is 0.426 e. The molecule has 0 aromatic rings. The van der Waals surface area contributed by atoms with Crippen molar-refractivity contribution >= 4 is 28.6 Å². The molecule has 1 N–H and O–H groups in total. The van der Waals surface area contributed by atoms with Gasteiger partial charge in [-0.25, -0.2) is 0 Å². The van der Waals surface area contributed by atoms with Gasteiger partial charge in [0.25, 0.3) is 5.60 Å². The van der Waals surface area contributed by atoms with Crippen LogP contribution in [0.25, 0.3) is 0 Å². The van der Waals surface area contributed by atoms with Crippen LogP contribution in [0.1, 0.15) is 0 Å². The Balaban J connectivity index is 5.68. The fourth-order valence-corrected chi connectivity index (χ4v) is 1.90. The van der Waals surface area contributed by atoms with Gasteiger partial charge in [-0.3, -0.25) is 0 Å². The lowest BCUT2D eigenvalue weighted by molar-refractivity contribution is -0.393. The molecule has 0 aliphatic rings. The Morgan fingerprint density at radius 3 is 1.56 bits per heavy atom. The second-order valence-electron chi connectivity index (χ2n) is 2.79. The summed E-state index contributed by atoms with van der Waals surface area (Å²) >= 11 is 0.989. The Kier molecular flexibility index (Phi) is 4.47. The third-order valence-electron chi connectivity index (χ3n) is 1.81. The van der Waals surface area contributed by atoms with Crippen LogP contribution in [0.2, 0.25) is 0 Å². The number of carboxylic acids is 1. The van der Waals surface area contributed by atoms with E-state index in [0.717, 1.165) is 22.6 Å². The third kappa shape index (κ3) is 2.52. The first-order valence-electron chi connectivity index (χ1n) is 3.52. The quantitative estimate of drug-likeness (QED) is 0.454. The molecule has 3 nitrogen and oxygen atoms in total. The van der Waals surface area contributed by atoms with Crippen LogP contribution in [-0.2, 0) is 4.79 Å². The number of aliphatic carboxylic acids is 1. The first-order chi connectivity index (χ1) is 6.89. The minimum atomic E-state index is -6.15. The van der Waals surface area contributed by atoms with Crippen LogP contribution in [0.4, 0.5) is 26.3 Å². The molecule has 0 heterocycles. The van der Waals surface area contributed by atoms with Gasteiger partial charge in [-0.1, -0.05) is 22.6 Å². The van der Waals surface area contributed by atoms with Gasteiger partial charge in [0, 0.05) is 10.4 Å². The summed E-state index contributed by atoms with van der Waals surface area (Å²) in [7, 11) is 0. The van der Waals surface area contributed by atoms with Crippen LogP contribution in [0.5, 0.6) is 0 Å². The average Bonchev–Trinajstić information content (AvgIpc) is 1.99. The highest BCUT2D eigenvalue weighted by molar-refractivity contribution is 14.1. The summed E-state index contributed by atoms with van der Waals surface area (Å²) in [6, 6.07) is 0. The van der Waals surface area contributed by atoms with E-state index < -0.39 is 34.3 Å². The van der Waals surface area contributed by atoms with E-state index in [1.54, 1.807) is 0 Å². The minimum Gasteiger partial charge on any atom is -0.550 e. The molecule has 0 saturated carbocycles. The molecule has 0 aromatic carbocycles. The number of carbonyl (C=O) groups is 1. The van der Waals surface area contributed by atoms with Gasteiger partial charge in [0.2, 0.25) is 0 Å². The largest absolute Gasteiger partial charge is 0.550 e. The lowest BCUT2D eigenvalue weighted by Gasteiger charge is -2.38. The van der Waals surface area contributed by atoms with Crippen molar-refractivity contribution in [3.63, 3.8) is 0 Å². The number of alkyl halides is 7. The zero-order chi connectivity index (χ0) is 13.4. The molecule has 1 atom stereocenters. The molecule has 16 heavy (non-hydrogen) atoms. The van der Waals surface area contributed by atoms with Gasteiger partial charge < -0.3 is 15.0 Å². The zero-order valence-corrected chi connectivity index (χ0v) is 9.35. The maximum absolute atomic E-state index is 12.1. The standard InChI is InChI=1S/C6H5F6IO3/c7-5(8,9)4(16,6(10,11)12)2(1-13)3(14)15/h2,16H,1H2,(H,14,15)/p-1/t2-/m1/s1. The fraction of sp³-hybridized carbons (Fsp3) is 0.833. The summed E-state index contributed by atoms with van der Waals surface area (Å²) in [5, 5.41) is 18.8. The molecule has 0 saturated heterocycles. The number of aliphatic hydroxyl groups is 1. The van der Waals surface area contributed by atoms with Crippen molar-refractivity contribution in [3.05, 3.63) is 0 Å². The topological polar surface area (TPSA) is 60.4 Å². The van der Waals surface area contributed by atoms with E-state index in [0.29, 0.717) is 0 Å². The van der Waals surface area contributed by atoms with E-state index in [2.05, 4.69) is 0 Å². The number of carboxylic acid groups (broad SMARTS) is 1. The fourth-order valence-electron chi connectivity index (χ4n) is 0.901. The second-order valence-corrected chi connectivity index (χ2v) is 3.67. The van der Waals surface area contributed by atoms with Gasteiger partial charge in [-0.2, -0.15) is 26.3 Å². The molecule has 0 radical (unpaired) electrons. The molecule has 96 valence electrons. The Morgan fingerprint density at radius 1 is 1.19 bits per heavy atom. The van der Waals surface area contributed by atoms with Crippen LogP contribution in [0.3, 0.4) is 0 Å². The van der Waals surface area contributed by atoms with E-state index in [9.17, 15) is 36.2 Å². The maximum atomic E-state index is 12.1. The molecule has 0 amide bonds. The van der Waals surface area contributed by atoms with E-state index in [4.69, 9.17) is 5.11 Å². The zero-order valence-electron chi connectivity index (χ0n) is 7.19. The number of hydrogen-bond acceptors (Lipinski definition) is 3. The smallest absolute Gasteiger partial charge is 0.426 e. The lowest BCUT2D eigenvalue weighted by atomic mass is 9.87. The van der Waals surface area contributed by atoms with E-state index in [1.807, 2.05) is 0 Å². The molecule has 0 spiro atoms. The molecule has 0 rings (SSSR count). The van der Waals surface area contributed by atoms with Gasteiger partial charge in [-0.05, 0) is 0 Å². The van der Waals surface area contributed by atoms with Gasteiger partial charge in [0.15, 0.2) is 0 Å². The lowest BCUT2D eigenvalue weighted by Crippen LogP contribution is -2.65. The first-order valence-corrected chi connectivity index (χ1v) is 5.04. The second kappa shape index (κ2) is 4.55. The Bertz CT molecular complexity index is 258. The molecular formula is C6H4F6IO3-. The van der Waals surface area contributed by atoms with Crippen LogP contribution in [-0.4, -0.2) is 33.5 Å². The summed E-state index contributed by atoms with van der Waals surface area (Å²) in [6.45, 7) is 0. The summed E-state index contributed by atoms with van der Waals surface area (Å²) in [4.78, 5) is 10.2. The summed E-state index contributed by atoms with van der Waals surface area (Å²) in [5.41, 5.74) is -5.31. The third-order valence-corrected chi connectivity index (χ3v) is 2.69. The number of halogens is 7. The van der Waals surface area contributed by atoms with Crippen molar-refractivity contribution in [2.45, 2.75) is 18.0 Å². The van der Waals surface area contributed by atoms with Crippen LogP contribution in [0, 0.1) is 5.92 Å². The number of hydrogen-bond donors (Lipinski definition) is 1. The normalized spacial score (nSPS) is 16.0. The Hall–Kier alpha value is -0.260. The van der Waals surface area contributed by atoms with Crippen molar-refractivity contribution in [2.75, 3.05) is 4.43 Å². The highest BCUT2D eigenvalue weighted by Gasteiger charge is 2.73. The van der Waals surface area contributed by atoms with E-state index >= 15 is 0 Å². The first kappa shape index (κ1) is 15.7. The molecule has 0 unspecified atom stereocenters. The van der Waals surface area contributed by atoms with Gasteiger partial charge in [-0.15, -0.1) is 0 Å². The minimum absolute atomic E-state index is 0.989. The van der Waals surface area contributed by atoms with Gasteiger partial charge >= 0.3 is 12.4 Å².